The number of carbonyl (C=O) groups is 1. The highest BCUT2D eigenvalue weighted by Crippen LogP contribution is 2.36. The molecule has 0 aliphatic carbocycles. The van der Waals surface area contributed by atoms with E-state index in [0.29, 0.717) is 16.4 Å². The zero-order chi connectivity index (χ0) is 21.4. The van der Waals surface area contributed by atoms with E-state index in [2.05, 4.69) is 27.1 Å². The van der Waals surface area contributed by atoms with Crippen LogP contribution in [0.1, 0.15) is 21.1 Å². The van der Waals surface area contributed by atoms with Crippen LogP contribution in [0.5, 0.6) is 0 Å². The third-order valence-corrected chi connectivity index (χ3v) is 6.39. The van der Waals surface area contributed by atoms with Crippen LogP contribution in [-0.2, 0) is 0 Å². The zero-order valence-electron chi connectivity index (χ0n) is 17.0. The lowest BCUT2D eigenvalue weighted by Crippen LogP contribution is -2.45. The normalized spacial score (nSPS) is 14.8. The van der Waals surface area contributed by atoms with Crippen molar-refractivity contribution in [2.45, 2.75) is 13.8 Å². The average molecular weight is 427 g/mol. The molecule has 0 atom stereocenters. The van der Waals surface area contributed by atoms with Gasteiger partial charge in [0.25, 0.3) is 11.6 Å². The molecule has 1 aromatic carbocycles. The van der Waals surface area contributed by atoms with Crippen LogP contribution in [-0.4, -0.2) is 58.9 Å². The van der Waals surface area contributed by atoms with Crippen molar-refractivity contribution >= 4 is 44.7 Å². The Morgan fingerprint density at radius 2 is 1.93 bits per heavy atom. The standard InChI is InChI=1S/C20H22N6O3S/c1-12-16-18(25-9-7-24(3)8-10-25)21-13(2)22-20(16)30-17(12)19(27)23-14-5-4-6-15(11-14)26(28)29/h4-6,11H,7-10H2,1-3H3,(H,23,27). The number of aryl methyl sites for hydroxylation is 2. The minimum absolute atomic E-state index is 0.0697. The quantitative estimate of drug-likeness (QED) is 0.504. The smallest absolute Gasteiger partial charge is 0.271 e. The van der Waals surface area contributed by atoms with Crippen molar-refractivity contribution in [3.8, 4) is 0 Å². The van der Waals surface area contributed by atoms with Gasteiger partial charge < -0.3 is 15.1 Å². The van der Waals surface area contributed by atoms with Crippen molar-refractivity contribution in [1.29, 1.82) is 0 Å². The maximum Gasteiger partial charge on any atom is 0.271 e. The first-order chi connectivity index (χ1) is 14.3. The van der Waals surface area contributed by atoms with E-state index in [1.807, 2.05) is 13.8 Å². The summed E-state index contributed by atoms with van der Waals surface area (Å²) in [5, 5.41) is 14.7. The Hall–Kier alpha value is -3.11. The number of benzene rings is 1. The summed E-state index contributed by atoms with van der Waals surface area (Å²) in [7, 11) is 2.10. The monoisotopic (exact) mass is 426 g/mol. The van der Waals surface area contributed by atoms with Gasteiger partial charge in [0, 0.05) is 44.0 Å². The molecule has 1 saturated heterocycles. The Bertz CT molecular complexity index is 1140. The molecular weight excluding hydrogens is 404 g/mol. The van der Waals surface area contributed by atoms with E-state index in [0.717, 1.165) is 47.8 Å². The highest BCUT2D eigenvalue weighted by Gasteiger charge is 2.24. The number of likely N-dealkylation sites (N-methyl/N-ethyl adjacent to an activating group) is 1. The molecule has 0 unspecified atom stereocenters. The van der Waals surface area contributed by atoms with Gasteiger partial charge in [0.05, 0.1) is 15.2 Å². The second-order valence-corrected chi connectivity index (χ2v) is 8.38. The summed E-state index contributed by atoms with van der Waals surface area (Å²) in [6.07, 6.45) is 0. The van der Waals surface area contributed by atoms with E-state index in [9.17, 15) is 14.9 Å². The fraction of sp³-hybridized carbons (Fsp3) is 0.350. The molecule has 1 aliphatic rings. The summed E-state index contributed by atoms with van der Waals surface area (Å²) < 4.78 is 0. The third-order valence-electron chi connectivity index (χ3n) is 5.21. The Labute approximate surface area is 177 Å². The molecular formula is C20H22N6O3S. The van der Waals surface area contributed by atoms with Crippen molar-refractivity contribution in [1.82, 2.24) is 14.9 Å². The summed E-state index contributed by atoms with van der Waals surface area (Å²) in [5.74, 6) is 1.23. The largest absolute Gasteiger partial charge is 0.353 e. The summed E-state index contributed by atoms with van der Waals surface area (Å²) >= 11 is 1.32. The SMILES string of the molecule is Cc1nc(N2CCN(C)CC2)c2c(C)c(C(=O)Nc3cccc([N+](=O)[O-])c3)sc2n1. The van der Waals surface area contributed by atoms with Crippen LogP contribution in [0.2, 0.25) is 0 Å². The summed E-state index contributed by atoms with van der Waals surface area (Å²) in [5.41, 5.74) is 1.14. The molecule has 0 spiro atoms. The Kier molecular flexibility index (Phi) is 5.35. The first-order valence-corrected chi connectivity index (χ1v) is 10.4. The molecule has 1 aliphatic heterocycles. The Morgan fingerprint density at radius 1 is 1.20 bits per heavy atom. The van der Waals surface area contributed by atoms with Gasteiger partial charge >= 0.3 is 0 Å². The molecule has 9 nitrogen and oxygen atoms in total. The Balaban J connectivity index is 1.69. The lowest BCUT2D eigenvalue weighted by molar-refractivity contribution is -0.384. The number of hydrogen-bond acceptors (Lipinski definition) is 8. The van der Waals surface area contributed by atoms with Gasteiger partial charge in [0.15, 0.2) is 0 Å². The molecule has 1 amide bonds. The molecule has 2 aromatic heterocycles. The highest BCUT2D eigenvalue weighted by molar-refractivity contribution is 7.20. The molecule has 0 saturated carbocycles. The van der Waals surface area contributed by atoms with E-state index < -0.39 is 4.92 Å². The summed E-state index contributed by atoms with van der Waals surface area (Å²) in [6, 6.07) is 5.92. The predicted molar refractivity (Wildman–Crippen MR) is 118 cm³/mol. The molecule has 10 heteroatoms. The molecule has 0 radical (unpaired) electrons. The molecule has 1 N–H and O–H groups in total. The number of nitro benzene ring substituents is 1. The number of fused-ring (bicyclic) bond motifs is 1. The lowest BCUT2D eigenvalue weighted by atomic mass is 10.1. The van der Waals surface area contributed by atoms with Crippen molar-refractivity contribution in [2.24, 2.45) is 0 Å². The number of aromatic nitrogens is 2. The molecule has 30 heavy (non-hydrogen) atoms. The van der Waals surface area contributed by atoms with Crippen LogP contribution < -0.4 is 10.2 Å². The van der Waals surface area contributed by atoms with Gasteiger partial charge in [-0.1, -0.05) is 6.07 Å². The van der Waals surface area contributed by atoms with Gasteiger partial charge in [-0.25, -0.2) is 9.97 Å². The van der Waals surface area contributed by atoms with Crippen LogP contribution in [0.25, 0.3) is 10.2 Å². The number of non-ortho nitro benzene ring substituents is 1. The van der Waals surface area contributed by atoms with Crippen molar-refractivity contribution in [2.75, 3.05) is 43.4 Å². The van der Waals surface area contributed by atoms with Crippen LogP contribution in [0.4, 0.5) is 17.2 Å². The van der Waals surface area contributed by atoms with Crippen LogP contribution in [0.3, 0.4) is 0 Å². The number of hydrogen-bond donors (Lipinski definition) is 1. The number of nitro groups is 1. The minimum Gasteiger partial charge on any atom is -0.353 e. The van der Waals surface area contributed by atoms with Crippen molar-refractivity contribution in [3.05, 3.63) is 50.6 Å². The number of anilines is 2. The van der Waals surface area contributed by atoms with Gasteiger partial charge in [-0.2, -0.15) is 0 Å². The first kappa shape index (κ1) is 20.2. The lowest BCUT2D eigenvalue weighted by Gasteiger charge is -2.33. The third kappa shape index (κ3) is 3.83. The highest BCUT2D eigenvalue weighted by atomic mass is 32.1. The summed E-state index contributed by atoms with van der Waals surface area (Å²) in [6.45, 7) is 7.40. The Morgan fingerprint density at radius 3 is 2.63 bits per heavy atom. The number of rotatable bonds is 4. The van der Waals surface area contributed by atoms with E-state index in [1.54, 1.807) is 12.1 Å². The van der Waals surface area contributed by atoms with Gasteiger partial charge in [-0.05, 0) is 32.5 Å². The van der Waals surface area contributed by atoms with E-state index in [-0.39, 0.29) is 11.6 Å². The molecule has 3 heterocycles. The van der Waals surface area contributed by atoms with Gasteiger partial charge in [0.1, 0.15) is 16.5 Å². The second kappa shape index (κ2) is 7.96. The topological polar surface area (TPSA) is 105 Å². The fourth-order valence-corrected chi connectivity index (χ4v) is 4.69. The van der Waals surface area contributed by atoms with Crippen molar-refractivity contribution in [3.63, 3.8) is 0 Å². The molecule has 0 bridgehead atoms. The molecule has 3 aromatic rings. The first-order valence-electron chi connectivity index (χ1n) is 9.60. The number of carbonyl (C=O) groups excluding carboxylic acids is 1. The number of nitrogens with zero attached hydrogens (tertiary/aromatic N) is 5. The minimum atomic E-state index is -0.485. The number of nitrogens with one attached hydrogen (secondary N) is 1. The zero-order valence-corrected chi connectivity index (χ0v) is 17.8. The van der Waals surface area contributed by atoms with E-state index in [4.69, 9.17) is 4.98 Å². The number of piperazine rings is 1. The van der Waals surface area contributed by atoms with Gasteiger partial charge in [0.2, 0.25) is 0 Å². The molecule has 4 rings (SSSR count). The molecule has 156 valence electrons. The average Bonchev–Trinajstić information content (AvgIpc) is 3.04. The van der Waals surface area contributed by atoms with Crippen LogP contribution in [0.15, 0.2) is 24.3 Å². The van der Waals surface area contributed by atoms with Gasteiger partial charge in [-0.3, -0.25) is 14.9 Å². The van der Waals surface area contributed by atoms with E-state index in [1.165, 1.54) is 23.5 Å². The maximum absolute atomic E-state index is 13.0. The summed E-state index contributed by atoms with van der Waals surface area (Å²) in [4.78, 5) is 38.6. The second-order valence-electron chi connectivity index (χ2n) is 7.38. The van der Waals surface area contributed by atoms with E-state index >= 15 is 0 Å². The molecule has 1 fully saturated rings. The maximum atomic E-state index is 13.0. The fourth-order valence-electron chi connectivity index (χ4n) is 3.57. The number of amides is 1. The number of thiophene rings is 1. The van der Waals surface area contributed by atoms with Gasteiger partial charge in [-0.15, -0.1) is 11.3 Å². The van der Waals surface area contributed by atoms with Crippen LogP contribution >= 0.6 is 11.3 Å². The van der Waals surface area contributed by atoms with Crippen LogP contribution in [0, 0.1) is 24.0 Å². The predicted octanol–water partition coefficient (Wildman–Crippen LogP) is 3.22. The van der Waals surface area contributed by atoms with Crippen molar-refractivity contribution < 1.29 is 9.72 Å².